The van der Waals surface area contributed by atoms with Gasteiger partial charge in [0.25, 0.3) is 0 Å². The standard InChI is InChI=1S/C25H31N6.Rh/c1-15(2)25(4)11-17-10-18(12-26-22(17)29-16(25)3)20-13-27-23-21(20)14-28-24(31-23)30-19-8-6-5-7-9-19;/h5,10,12-15,19H,6-9,11H2,1-4H3,(H2,27,28,30,31);/q-1;/t25-;/m0./s1. The van der Waals surface area contributed by atoms with E-state index in [0.29, 0.717) is 17.9 Å². The predicted molar refractivity (Wildman–Crippen MR) is 127 cm³/mol. The molecular weight excluding hydrogens is 487 g/mol. The van der Waals surface area contributed by atoms with E-state index in [-0.39, 0.29) is 24.9 Å². The minimum Gasteiger partial charge on any atom is -0.352 e. The molecule has 1 saturated carbocycles. The molecule has 2 N–H and O–H groups in total. The van der Waals surface area contributed by atoms with E-state index < -0.39 is 0 Å². The van der Waals surface area contributed by atoms with Crippen LogP contribution >= 0.6 is 0 Å². The molecule has 3 aromatic heterocycles. The molecule has 2 aliphatic rings. The second-order valence-corrected chi connectivity index (χ2v) is 9.60. The molecule has 0 aromatic carbocycles. The van der Waals surface area contributed by atoms with Gasteiger partial charge in [-0.2, -0.15) is 17.8 Å². The van der Waals surface area contributed by atoms with E-state index >= 15 is 0 Å². The molecule has 0 unspecified atom stereocenters. The first kappa shape index (κ1) is 23.0. The number of anilines is 1. The van der Waals surface area contributed by atoms with Crippen LogP contribution in [0.1, 0.15) is 58.9 Å². The first-order valence-electron chi connectivity index (χ1n) is 11.4. The summed E-state index contributed by atoms with van der Waals surface area (Å²) in [5.74, 6) is 2.07. The van der Waals surface area contributed by atoms with Crippen molar-refractivity contribution in [2.75, 3.05) is 5.32 Å². The van der Waals surface area contributed by atoms with Gasteiger partial charge in [0.2, 0.25) is 5.95 Å². The topological polar surface area (TPSA) is 78.8 Å². The number of aromatic nitrogens is 4. The maximum absolute atomic E-state index is 4.83. The van der Waals surface area contributed by atoms with Gasteiger partial charge in [-0.05, 0) is 30.9 Å². The van der Waals surface area contributed by atoms with Crippen molar-refractivity contribution >= 4 is 28.5 Å². The first-order valence-corrected chi connectivity index (χ1v) is 11.4. The number of aliphatic imine (C=N–C) groups is 1. The first-order chi connectivity index (χ1) is 14.9. The van der Waals surface area contributed by atoms with Gasteiger partial charge in [-0.15, -0.1) is 0 Å². The molecule has 1 fully saturated rings. The van der Waals surface area contributed by atoms with Crippen LogP contribution in [0.2, 0.25) is 0 Å². The SMILES string of the molecule is CC1=Nc2ncc(-c3c[nH]c4nc(NC5CC[CH-]CC5)ncc34)cc2C[C@@]1(C)C(C)C.[Rh]. The van der Waals surface area contributed by atoms with E-state index in [0.717, 1.165) is 60.1 Å². The van der Waals surface area contributed by atoms with Crippen molar-refractivity contribution in [3.8, 4) is 11.1 Å². The number of aromatic amines is 1. The van der Waals surface area contributed by atoms with Crippen LogP contribution in [0, 0.1) is 17.8 Å². The zero-order chi connectivity index (χ0) is 21.6. The molecule has 1 radical (unpaired) electrons. The Morgan fingerprint density at radius 1 is 1.19 bits per heavy atom. The summed E-state index contributed by atoms with van der Waals surface area (Å²) >= 11 is 0. The van der Waals surface area contributed by atoms with Gasteiger partial charge >= 0.3 is 0 Å². The van der Waals surface area contributed by atoms with Crippen LogP contribution in [0.4, 0.5) is 11.8 Å². The quantitative estimate of drug-likeness (QED) is 0.334. The molecule has 7 heteroatoms. The van der Waals surface area contributed by atoms with Gasteiger partial charge in [-0.25, -0.2) is 15.0 Å². The van der Waals surface area contributed by atoms with Gasteiger partial charge < -0.3 is 16.7 Å². The minimum absolute atomic E-state index is 0. The number of hydrogen-bond acceptors (Lipinski definition) is 5. The molecule has 1 aliphatic carbocycles. The third-order valence-electron chi connectivity index (χ3n) is 7.39. The third kappa shape index (κ3) is 4.12. The van der Waals surface area contributed by atoms with Gasteiger partial charge in [-0.3, -0.25) is 0 Å². The third-order valence-corrected chi connectivity index (χ3v) is 7.39. The fourth-order valence-corrected chi connectivity index (χ4v) is 4.78. The van der Waals surface area contributed by atoms with Gasteiger partial charge in [0.05, 0.1) is 0 Å². The normalized spacial score (nSPS) is 21.2. The van der Waals surface area contributed by atoms with Gasteiger partial charge in [-0.1, -0.05) is 33.6 Å². The summed E-state index contributed by atoms with van der Waals surface area (Å²) in [6, 6.07) is 2.70. The number of H-pyrrole nitrogens is 1. The maximum atomic E-state index is 4.83. The van der Waals surface area contributed by atoms with E-state index in [1.807, 2.05) is 18.6 Å². The van der Waals surface area contributed by atoms with Crippen LogP contribution in [0.15, 0.2) is 29.6 Å². The van der Waals surface area contributed by atoms with Gasteiger partial charge in [0.1, 0.15) is 5.65 Å². The molecular formula is C25H31N6Rh-. The zero-order valence-electron chi connectivity index (χ0n) is 19.2. The van der Waals surface area contributed by atoms with Crippen molar-refractivity contribution in [1.82, 2.24) is 19.9 Å². The summed E-state index contributed by atoms with van der Waals surface area (Å²) in [4.78, 5) is 22.2. The molecule has 0 bridgehead atoms. The summed E-state index contributed by atoms with van der Waals surface area (Å²) in [5.41, 5.74) is 5.47. The van der Waals surface area contributed by atoms with Gasteiger partial charge in [0.15, 0.2) is 5.82 Å². The number of nitrogens with one attached hydrogen (secondary N) is 2. The van der Waals surface area contributed by atoms with Crippen LogP contribution in [0.3, 0.4) is 0 Å². The Morgan fingerprint density at radius 3 is 2.72 bits per heavy atom. The Balaban J connectivity index is 0.00000245. The Labute approximate surface area is 202 Å². The molecule has 32 heavy (non-hydrogen) atoms. The summed E-state index contributed by atoms with van der Waals surface area (Å²) < 4.78 is 0. The van der Waals surface area contributed by atoms with Crippen molar-refractivity contribution in [2.45, 2.75) is 65.8 Å². The monoisotopic (exact) mass is 518 g/mol. The summed E-state index contributed by atoms with van der Waals surface area (Å²) in [5, 5.41) is 4.52. The molecule has 0 saturated heterocycles. The smallest absolute Gasteiger partial charge is 0.224 e. The second-order valence-electron chi connectivity index (χ2n) is 9.60. The number of nitrogens with zero attached hydrogens (tertiary/aromatic N) is 4. The molecule has 4 heterocycles. The fraction of sp³-hybridized carbons (Fsp3) is 0.480. The van der Waals surface area contributed by atoms with Crippen LogP contribution in [0.25, 0.3) is 22.2 Å². The van der Waals surface area contributed by atoms with E-state index in [1.165, 1.54) is 11.3 Å². The van der Waals surface area contributed by atoms with Crippen LogP contribution < -0.4 is 5.32 Å². The Bertz CT molecular complexity index is 1140. The van der Waals surface area contributed by atoms with Gasteiger partial charge in [0, 0.05) is 71.8 Å². The average molecular weight is 518 g/mol. The van der Waals surface area contributed by atoms with Crippen LogP contribution in [-0.2, 0) is 25.9 Å². The van der Waals surface area contributed by atoms with E-state index in [9.17, 15) is 0 Å². The molecule has 0 amide bonds. The number of hydrogen-bond donors (Lipinski definition) is 2. The Kier molecular flexibility index (Phi) is 6.49. The zero-order valence-corrected chi connectivity index (χ0v) is 20.8. The molecule has 1 atom stereocenters. The van der Waals surface area contributed by atoms with E-state index in [4.69, 9.17) is 15.0 Å². The van der Waals surface area contributed by atoms with Crippen molar-refractivity contribution < 1.29 is 19.5 Å². The minimum atomic E-state index is 0. The summed E-state index contributed by atoms with van der Waals surface area (Å²) in [7, 11) is 0. The fourth-order valence-electron chi connectivity index (χ4n) is 4.78. The molecule has 0 spiro atoms. The Hall–Kier alpha value is -2.14. The molecule has 3 aromatic rings. The average Bonchev–Trinajstić information content (AvgIpc) is 3.18. The second kappa shape index (κ2) is 9.01. The molecule has 1 aliphatic heterocycles. The van der Waals surface area contributed by atoms with E-state index in [1.54, 1.807) is 0 Å². The summed E-state index contributed by atoms with van der Waals surface area (Å²) in [6.45, 7) is 8.99. The van der Waals surface area contributed by atoms with Crippen LogP contribution in [0.5, 0.6) is 0 Å². The number of fused-ring (bicyclic) bond motifs is 2. The van der Waals surface area contributed by atoms with Crippen LogP contribution in [-0.4, -0.2) is 31.7 Å². The molecule has 6 nitrogen and oxygen atoms in total. The Morgan fingerprint density at radius 2 is 1.97 bits per heavy atom. The molecule has 5 rings (SSSR count). The summed E-state index contributed by atoms with van der Waals surface area (Å²) in [6.07, 6.45) is 13.8. The van der Waals surface area contributed by atoms with Crippen molar-refractivity contribution in [1.29, 1.82) is 0 Å². The van der Waals surface area contributed by atoms with Crippen molar-refractivity contribution in [3.05, 3.63) is 36.6 Å². The van der Waals surface area contributed by atoms with Crippen molar-refractivity contribution in [2.24, 2.45) is 16.3 Å². The van der Waals surface area contributed by atoms with E-state index in [2.05, 4.69) is 55.5 Å². The number of rotatable bonds is 4. The predicted octanol–water partition coefficient (Wildman–Crippen LogP) is 5.89. The largest absolute Gasteiger partial charge is 0.352 e. The number of pyridine rings is 1. The molecule has 171 valence electrons. The van der Waals surface area contributed by atoms with Crippen molar-refractivity contribution in [3.63, 3.8) is 0 Å². The maximum Gasteiger partial charge on any atom is 0.224 e.